The number of terminal acetylenes is 1. The summed E-state index contributed by atoms with van der Waals surface area (Å²) in [6, 6.07) is 13.1. The van der Waals surface area contributed by atoms with Crippen LogP contribution in [0.1, 0.15) is 10.4 Å². The monoisotopic (exact) mass is 320 g/mol. The molecule has 0 fully saturated rings. The van der Waals surface area contributed by atoms with Gasteiger partial charge in [0.15, 0.2) is 5.76 Å². The standard InChI is InChI=1S/C19H13FN2O2/c1-2-11-21-18(23)13-7-3-4-8-14(13)19-22-12-17(24-19)15-9-5-6-10-16(15)20/h1,3-10,12H,11H2,(H,21,23). The van der Waals surface area contributed by atoms with Crippen LogP contribution in [0.3, 0.4) is 0 Å². The Morgan fingerprint density at radius 3 is 2.62 bits per heavy atom. The summed E-state index contributed by atoms with van der Waals surface area (Å²) >= 11 is 0. The van der Waals surface area contributed by atoms with Crippen molar-refractivity contribution in [2.45, 2.75) is 0 Å². The smallest absolute Gasteiger partial charge is 0.252 e. The molecule has 1 amide bonds. The minimum atomic E-state index is -0.403. The lowest BCUT2D eigenvalue weighted by atomic mass is 10.1. The van der Waals surface area contributed by atoms with Crippen molar-refractivity contribution in [2.75, 3.05) is 6.54 Å². The first kappa shape index (κ1) is 15.5. The summed E-state index contributed by atoms with van der Waals surface area (Å²) in [5.41, 5.74) is 1.20. The third-order valence-corrected chi connectivity index (χ3v) is 3.40. The summed E-state index contributed by atoms with van der Waals surface area (Å²) in [6.07, 6.45) is 6.59. The summed E-state index contributed by atoms with van der Waals surface area (Å²) < 4.78 is 19.5. The van der Waals surface area contributed by atoms with Crippen LogP contribution in [0.25, 0.3) is 22.8 Å². The fourth-order valence-corrected chi connectivity index (χ4v) is 2.28. The minimum absolute atomic E-state index is 0.124. The van der Waals surface area contributed by atoms with E-state index in [1.807, 2.05) is 0 Å². The lowest BCUT2D eigenvalue weighted by Crippen LogP contribution is -2.24. The number of carbonyl (C=O) groups excluding carboxylic acids is 1. The first-order chi connectivity index (χ1) is 11.7. The molecule has 0 bridgehead atoms. The maximum absolute atomic E-state index is 13.9. The Morgan fingerprint density at radius 2 is 1.88 bits per heavy atom. The Balaban J connectivity index is 1.98. The van der Waals surface area contributed by atoms with E-state index in [9.17, 15) is 9.18 Å². The molecule has 0 aliphatic heterocycles. The van der Waals surface area contributed by atoms with E-state index in [1.165, 1.54) is 12.3 Å². The number of nitrogens with zero attached hydrogens (tertiary/aromatic N) is 1. The van der Waals surface area contributed by atoms with Gasteiger partial charge >= 0.3 is 0 Å². The third kappa shape index (κ3) is 3.03. The van der Waals surface area contributed by atoms with Crippen LogP contribution < -0.4 is 5.32 Å². The van der Waals surface area contributed by atoms with E-state index in [0.29, 0.717) is 22.5 Å². The van der Waals surface area contributed by atoms with Gasteiger partial charge in [0.05, 0.1) is 23.9 Å². The zero-order valence-corrected chi connectivity index (χ0v) is 12.6. The Hall–Kier alpha value is -3.39. The molecule has 0 atom stereocenters. The molecule has 5 heteroatoms. The summed E-state index contributed by atoms with van der Waals surface area (Å²) in [5, 5.41) is 2.60. The van der Waals surface area contributed by atoms with Gasteiger partial charge in [-0.2, -0.15) is 0 Å². The number of rotatable bonds is 4. The second-order valence-electron chi connectivity index (χ2n) is 4.94. The van der Waals surface area contributed by atoms with Crippen molar-refractivity contribution < 1.29 is 13.6 Å². The molecule has 4 nitrogen and oxygen atoms in total. The lowest BCUT2D eigenvalue weighted by Gasteiger charge is -2.06. The number of nitrogens with one attached hydrogen (secondary N) is 1. The van der Waals surface area contributed by atoms with Crippen LogP contribution in [0.5, 0.6) is 0 Å². The van der Waals surface area contributed by atoms with Gasteiger partial charge in [0.2, 0.25) is 5.89 Å². The van der Waals surface area contributed by atoms with E-state index in [2.05, 4.69) is 16.2 Å². The van der Waals surface area contributed by atoms with Crippen LogP contribution in [0.4, 0.5) is 4.39 Å². The predicted octanol–water partition coefficient (Wildman–Crippen LogP) is 3.51. The van der Waals surface area contributed by atoms with Crippen molar-refractivity contribution in [3.05, 3.63) is 66.1 Å². The van der Waals surface area contributed by atoms with E-state index < -0.39 is 5.82 Å². The fraction of sp³-hybridized carbons (Fsp3) is 0.0526. The number of oxazole rings is 1. The van der Waals surface area contributed by atoms with Gasteiger partial charge in [-0.3, -0.25) is 4.79 Å². The Morgan fingerprint density at radius 1 is 1.17 bits per heavy atom. The van der Waals surface area contributed by atoms with Crippen LogP contribution in [0.2, 0.25) is 0 Å². The normalized spacial score (nSPS) is 10.2. The number of carbonyl (C=O) groups is 1. The molecular formula is C19H13FN2O2. The number of amides is 1. The van der Waals surface area contributed by atoms with E-state index in [0.717, 1.165) is 0 Å². The highest BCUT2D eigenvalue weighted by Gasteiger charge is 2.17. The molecular weight excluding hydrogens is 307 g/mol. The van der Waals surface area contributed by atoms with Gasteiger partial charge in [0.1, 0.15) is 5.82 Å². The van der Waals surface area contributed by atoms with Gasteiger partial charge in [-0.25, -0.2) is 9.37 Å². The maximum Gasteiger partial charge on any atom is 0.252 e. The van der Waals surface area contributed by atoms with E-state index in [-0.39, 0.29) is 18.3 Å². The molecule has 0 saturated carbocycles. The Kier molecular flexibility index (Phi) is 4.39. The molecule has 0 spiro atoms. The van der Waals surface area contributed by atoms with E-state index in [4.69, 9.17) is 10.8 Å². The van der Waals surface area contributed by atoms with Crippen molar-refractivity contribution >= 4 is 5.91 Å². The van der Waals surface area contributed by atoms with Gasteiger partial charge in [-0.05, 0) is 24.3 Å². The quantitative estimate of drug-likeness (QED) is 0.749. The van der Waals surface area contributed by atoms with Crippen molar-refractivity contribution in [1.29, 1.82) is 0 Å². The van der Waals surface area contributed by atoms with Crippen LogP contribution >= 0.6 is 0 Å². The average molecular weight is 320 g/mol. The second kappa shape index (κ2) is 6.80. The van der Waals surface area contributed by atoms with Crippen molar-refractivity contribution in [3.63, 3.8) is 0 Å². The number of benzene rings is 2. The number of hydrogen-bond acceptors (Lipinski definition) is 3. The van der Waals surface area contributed by atoms with Gasteiger partial charge in [0.25, 0.3) is 5.91 Å². The molecule has 1 heterocycles. The zero-order chi connectivity index (χ0) is 16.9. The lowest BCUT2D eigenvalue weighted by molar-refractivity contribution is 0.0959. The molecule has 3 rings (SSSR count). The highest BCUT2D eigenvalue weighted by Crippen LogP contribution is 2.29. The van der Waals surface area contributed by atoms with Gasteiger partial charge in [0, 0.05) is 5.56 Å². The SMILES string of the molecule is C#CCNC(=O)c1ccccc1-c1ncc(-c2ccccc2F)o1. The molecule has 118 valence electrons. The number of aromatic nitrogens is 1. The summed E-state index contributed by atoms with van der Waals surface area (Å²) in [6.45, 7) is 0.124. The topological polar surface area (TPSA) is 55.1 Å². The molecule has 1 aromatic heterocycles. The molecule has 0 unspecified atom stereocenters. The molecule has 0 aliphatic carbocycles. The summed E-state index contributed by atoms with van der Waals surface area (Å²) in [4.78, 5) is 16.4. The number of halogens is 1. The third-order valence-electron chi connectivity index (χ3n) is 3.40. The molecule has 0 saturated heterocycles. The fourth-order valence-electron chi connectivity index (χ4n) is 2.28. The first-order valence-corrected chi connectivity index (χ1v) is 7.22. The molecule has 3 aromatic rings. The highest BCUT2D eigenvalue weighted by molar-refractivity contribution is 6.00. The maximum atomic E-state index is 13.9. The molecule has 1 N–H and O–H groups in total. The molecule has 24 heavy (non-hydrogen) atoms. The predicted molar refractivity (Wildman–Crippen MR) is 88.5 cm³/mol. The van der Waals surface area contributed by atoms with E-state index >= 15 is 0 Å². The Bertz CT molecular complexity index is 925. The highest BCUT2D eigenvalue weighted by atomic mass is 19.1. The van der Waals surface area contributed by atoms with Crippen LogP contribution in [0, 0.1) is 18.2 Å². The van der Waals surface area contributed by atoms with Crippen LogP contribution in [-0.2, 0) is 0 Å². The van der Waals surface area contributed by atoms with E-state index in [1.54, 1.807) is 42.5 Å². The average Bonchev–Trinajstić information content (AvgIpc) is 3.09. The number of hydrogen-bond donors (Lipinski definition) is 1. The summed E-state index contributed by atoms with van der Waals surface area (Å²) in [7, 11) is 0. The second-order valence-corrected chi connectivity index (χ2v) is 4.94. The van der Waals surface area contributed by atoms with Crippen molar-refractivity contribution in [3.8, 4) is 35.1 Å². The molecule has 0 radical (unpaired) electrons. The molecule has 0 aliphatic rings. The largest absolute Gasteiger partial charge is 0.436 e. The van der Waals surface area contributed by atoms with Crippen LogP contribution in [-0.4, -0.2) is 17.4 Å². The van der Waals surface area contributed by atoms with Gasteiger partial charge < -0.3 is 9.73 Å². The summed E-state index contributed by atoms with van der Waals surface area (Å²) in [5.74, 6) is 2.15. The van der Waals surface area contributed by atoms with Gasteiger partial charge in [-0.15, -0.1) is 6.42 Å². The molecule has 2 aromatic carbocycles. The Labute approximate surface area is 138 Å². The van der Waals surface area contributed by atoms with Crippen molar-refractivity contribution in [2.24, 2.45) is 0 Å². The van der Waals surface area contributed by atoms with Crippen molar-refractivity contribution in [1.82, 2.24) is 10.3 Å². The van der Waals surface area contributed by atoms with Crippen LogP contribution in [0.15, 0.2) is 59.1 Å². The van der Waals surface area contributed by atoms with Gasteiger partial charge in [-0.1, -0.05) is 30.2 Å². The zero-order valence-electron chi connectivity index (χ0n) is 12.6. The first-order valence-electron chi connectivity index (χ1n) is 7.22. The minimum Gasteiger partial charge on any atom is -0.436 e.